The zero-order valence-corrected chi connectivity index (χ0v) is 10.1. The predicted molar refractivity (Wildman–Crippen MR) is 61.4 cm³/mol. The van der Waals surface area contributed by atoms with Crippen LogP contribution in [-0.2, 0) is 4.74 Å². The molecule has 0 aromatic rings. The van der Waals surface area contributed by atoms with Crippen LogP contribution in [0.2, 0.25) is 0 Å². The molecule has 0 aliphatic rings. The highest BCUT2D eigenvalue weighted by molar-refractivity contribution is 5.66. The predicted octanol–water partition coefficient (Wildman–Crippen LogP) is 2.37. The van der Waals surface area contributed by atoms with Crippen molar-refractivity contribution in [1.29, 1.82) is 0 Å². The third-order valence-electron chi connectivity index (χ3n) is 1.62. The van der Waals surface area contributed by atoms with Crippen LogP contribution in [0.15, 0.2) is 12.7 Å². The van der Waals surface area contributed by atoms with Gasteiger partial charge < -0.3 is 4.74 Å². The van der Waals surface area contributed by atoms with Gasteiger partial charge in [0, 0.05) is 6.04 Å². The Morgan fingerprint density at radius 3 is 2.60 bits per heavy atom. The molecule has 0 saturated heterocycles. The first-order valence-corrected chi connectivity index (χ1v) is 5.20. The number of nitrogens with one attached hydrogen (secondary N) is 2. The normalized spacial score (nSPS) is 13.1. The second kappa shape index (κ2) is 6.45. The average molecular weight is 214 g/mol. The average Bonchev–Trinajstić information content (AvgIpc) is 2.08. The molecular weight excluding hydrogens is 192 g/mol. The number of hydrogen-bond donors (Lipinski definition) is 2. The van der Waals surface area contributed by atoms with Gasteiger partial charge in [-0.1, -0.05) is 6.08 Å². The van der Waals surface area contributed by atoms with Crippen LogP contribution in [0.25, 0.3) is 0 Å². The van der Waals surface area contributed by atoms with Gasteiger partial charge in [-0.2, -0.15) is 0 Å². The first-order valence-electron chi connectivity index (χ1n) is 5.20. The summed E-state index contributed by atoms with van der Waals surface area (Å²) in [4.78, 5) is 11.2. The van der Waals surface area contributed by atoms with Crippen LogP contribution < -0.4 is 10.9 Å². The van der Waals surface area contributed by atoms with Crippen molar-refractivity contribution >= 4 is 6.09 Å². The highest BCUT2D eigenvalue weighted by Crippen LogP contribution is 2.06. The van der Waals surface area contributed by atoms with Gasteiger partial charge in [0.2, 0.25) is 0 Å². The van der Waals surface area contributed by atoms with E-state index < -0.39 is 11.7 Å². The number of hydrazine groups is 1. The minimum absolute atomic E-state index is 0.204. The Balaban J connectivity index is 3.66. The van der Waals surface area contributed by atoms with E-state index in [1.807, 2.05) is 33.8 Å². The second-order valence-electron chi connectivity index (χ2n) is 4.54. The number of hydrogen-bond acceptors (Lipinski definition) is 3. The Morgan fingerprint density at radius 1 is 1.53 bits per heavy atom. The fraction of sp³-hybridized carbons (Fsp3) is 0.727. The molecule has 2 N–H and O–H groups in total. The molecule has 0 aromatic heterocycles. The van der Waals surface area contributed by atoms with Gasteiger partial charge in [0.1, 0.15) is 5.60 Å². The maximum Gasteiger partial charge on any atom is 0.422 e. The summed E-state index contributed by atoms with van der Waals surface area (Å²) in [5.41, 5.74) is 4.91. The van der Waals surface area contributed by atoms with Gasteiger partial charge in [0.15, 0.2) is 0 Å². The molecule has 0 aliphatic carbocycles. The van der Waals surface area contributed by atoms with Crippen molar-refractivity contribution in [2.75, 3.05) is 0 Å². The Bertz CT molecular complexity index is 209. The first-order chi connectivity index (χ1) is 6.85. The van der Waals surface area contributed by atoms with Crippen molar-refractivity contribution in [1.82, 2.24) is 10.9 Å². The summed E-state index contributed by atoms with van der Waals surface area (Å²) in [6.45, 7) is 11.1. The smallest absolute Gasteiger partial charge is 0.422 e. The lowest BCUT2D eigenvalue weighted by Gasteiger charge is -2.21. The highest BCUT2D eigenvalue weighted by atomic mass is 16.6. The molecule has 0 saturated carbocycles. The minimum Gasteiger partial charge on any atom is -0.443 e. The SMILES string of the molecule is C=CCCC(C)NNC(=O)OC(C)(C)C. The summed E-state index contributed by atoms with van der Waals surface area (Å²) < 4.78 is 5.06. The molecule has 0 radical (unpaired) electrons. The number of amides is 1. The quantitative estimate of drug-likeness (QED) is 0.545. The van der Waals surface area contributed by atoms with E-state index in [-0.39, 0.29) is 6.04 Å². The molecule has 15 heavy (non-hydrogen) atoms. The van der Waals surface area contributed by atoms with Gasteiger partial charge in [-0.15, -0.1) is 6.58 Å². The van der Waals surface area contributed by atoms with Gasteiger partial charge in [-0.25, -0.2) is 10.2 Å². The van der Waals surface area contributed by atoms with Crippen molar-refractivity contribution < 1.29 is 9.53 Å². The van der Waals surface area contributed by atoms with E-state index in [4.69, 9.17) is 4.74 Å². The molecule has 0 fully saturated rings. The van der Waals surface area contributed by atoms with Gasteiger partial charge in [-0.3, -0.25) is 5.43 Å². The molecule has 0 aromatic carbocycles. The lowest BCUT2D eigenvalue weighted by Crippen LogP contribution is -2.45. The maximum atomic E-state index is 11.2. The van der Waals surface area contributed by atoms with Crippen molar-refractivity contribution in [2.45, 2.75) is 52.2 Å². The molecule has 4 nitrogen and oxygen atoms in total. The van der Waals surface area contributed by atoms with E-state index in [0.29, 0.717) is 0 Å². The third-order valence-corrected chi connectivity index (χ3v) is 1.62. The fourth-order valence-corrected chi connectivity index (χ4v) is 0.926. The lowest BCUT2D eigenvalue weighted by atomic mass is 10.2. The van der Waals surface area contributed by atoms with E-state index in [0.717, 1.165) is 12.8 Å². The number of carbonyl (C=O) groups excluding carboxylic acids is 1. The summed E-state index contributed by atoms with van der Waals surface area (Å²) in [6, 6.07) is 0.204. The van der Waals surface area contributed by atoms with E-state index in [1.165, 1.54) is 0 Å². The molecule has 0 spiro atoms. The van der Waals surface area contributed by atoms with Crippen LogP contribution in [0.5, 0.6) is 0 Å². The molecule has 1 unspecified atom stereocenters. The van der Waals surface area contributed by atoms with Crippen LogP contribution in [0.4, 0.5) is 4.79 Å². The Kier molecular flexibility index (Phi) is 6.01. The van der Waals surface area contributed by atoms with Crippen molar-refractivity contribution in [3.8, 4) is 0 Å². The molecule has 88 valence electrons. The molecule has 0 bridgehead atoms. The standard InChI is InChI=1S/C11H22N2O2/c1-6-7-8-9(2)12-13-10(14)15-11(3,4)5/h6,9,12H,1,7-8H2,2-5H3,(H,13,14). The monoisotopic (exact) mass is 214 g/mol. The Hall–Kier alpha value is -1.03. The van der Waals surface area contributed by atoms with E-state index in [2.05, 4.69) is 17.4 Å². The molecule has 1 atom stereocenters. The summed E-state index contributed by atoms with van der Waals surface area (Å²) in [5.74, 6) is 0. The van der Waals surface area contributed by atoms with Gasteiger partial charge in [-0.05, 0) is 40.5 Å². The fourth-order valence-electron chi connectivity index (χ4n) is 0.926. The van der Waals surface area contributed by atoms with Gasteiger partial charge in [0.25, 0.3) is 0 Å². The number of rotatable bonds is 5. The number of allylic oxidation sites excluding steroid dienone is 1. The van der Waals surface area contributed by atoms with Crippen molar-refractivity contribution in [3.05, 3.63) is 12.7 Å². The lowest BCUT2D eigenvalue weighted by molar-refractivity contribution is 0.0488. The topological polar surface area (TPSA) is 50.4 Å². The largest absolute Gasteiger partial charge is 0.443 e. The zero-order valence-electron chi connectivity index (χ0n) is 10.1. The summed E-state index contributed by atoms with van der Waals surface area (Å²) in [7, 11) is 0. The van der Waals surface area contributed by atoms with E-state index in [1.54, 1.807) is 0 Å². The van der Waals surface area contributed by atoms with Crippen molar-refractivity contribution in [3.63, 3.8) is 0 Å². The number of ether oxygens (including phenoxy) is 1. The molecule has 0 aliphatic heterocycles. The van der Waals surface area contributed by atoms with Crippen LogP contribution in [0.1, 0.15) is 40.5 Å². The minimum atomic E-state index is -0.462. The molecular formula is C11H22N2O2. The Labute approximate surface area is 92.0 Å². The Morgan fingerprint density at radius 2 is 2.13 bits per heavy atom. The molecule has 0 rings (SSSR count). The van der Waals surface area contributed by atoms with Crippen LogP contribution >= 0.6 is 0 Å². The van der Waals surface area contributed by atoms with Crippen LogP contribution in [0.3, 0.4) is 0 Å². The highest BCUT2D eigenvalue weighted by Gasteiger charge is 2.15. The molecule has 0 heterocycles. The maximum absolute atomic E-state index is 11.2. The van der Waals surface area contributed by atoms with Gasteiger partial charge >= 0.3 is 6.09 Å². The van der Waals surface area contributed by atoms with E-state index >= 15 is 0 Å². The summed E-state index contributed by atoms with van der Waals surface area (Å²) in [5, 5.41) is 0. The zero-order chi connectivity index (χ0) is 11.9. The van der Waals surface area contributed by atoms with Crippen LogP contribution in [0, 0.1) is 0 Å². The molecule has 1 amide bonds. The summed E-state index contributed by atoms with van der Waals surface area (Å²) >= 11 is 0. The number of carbonyl (C=O) groups is 1. The van der Waals surface area contributed by atoms with E-state index in [9.17, 15) is 4.79 Å². The third kappa shape index (κ3) is 9.28. The second-order valence-corrected chi connectivity index (χ2v) is 4.54. The summed E-state index contributed by atoms with van der Waals surface area (Å²) in [6.07, 6.45) is 3.25. The molecule has 4 heteroatoms. The first kappa shape index (κ1) is 14.0. The van der Waals surface area contributed by atoms with Crippen molar-refractivity contribution in [2.24, 2.45) is 0 Å². The van der Waals surface area contributed by atoms with Crippen LogP contribution in [-0.4, -0.2) is 17.7 Å². The van der Waals surface area contributed by atoms with Gasteiger partial charge in [0.05, 0.1) is 0 Å².